The van der Waals surface area contributed by atoms with Crippen LogP contribution >= 0.6 is 0 Å². The van der Waals surface area contributed by atoms with Crippen molar-refractivity contribution in [3.8, 4) is 0 Å². The van der Waals surface area contributed by atoms with Crippen LogP contribution in [-0.4, -0.2) is 36.2 Å². The Bertz CT molecular complexity index is 458. The fourth-order valence-electron chi connectivity index (χ4n) is 1.63. The highest BCUT2D eigenvalue weighted by atomic mass is 16.5. The summed E-state index contributed by atoms with van der Waals surface area (Å²) < 4.78 is 5.08. The van der Waals surface area contributed by atoms with E-state index in [1.807, 2.05) is 30.3 Å². The largest absolute Gasteiger partial charge is 0.480 e. The van der Waals surface area contributed by atoms with Crippen LogP contribution in [0.3, 0.4) is 0 Å². The minimum absolute atomic E-state index is 0.0887. The Labute approximate surface area is 118 Å². The van der Waals surface area contributed by atoms with Gasteiger partial charge in [-0.25, -0.2) is 4.79 Å². The quantitative estimate of drug-likeness (QED) is 0.558. The summed E-state index contributed by atoms with van der Waals surface area (Å²) in [6.45, 7) is 5.36. The molecule has 1 rings (SSSR count). The third kappa shape index (κ3) is 4.85. The van der Waals surface area contributed by atoms with E-state index in [1.54, 1.807) is 6.92 Å². The molecule has 1 aromatic rings. The molecule has 5 nitrogen and oxygen atoms in total. The van der Waals surface area contributed by atoms with Gasteiger partial charge < -0.3 is 15.2 Å². The van der Waals surface area contributed by atoms with E-state index in [0.717, 1.165) is 5.56 Å². The van der Waals surface area contributed by atoms with Crippen molar-refractivity contribution in [1.29, 1.82) is 0 Å². The van der Waals surface area contributed by atoms with Gasteiger partial charge in [0, 0.05) is 0 Å². The first-order chi connectivity index (χ1) is 9.56. The van der Waals surface area contributed by atoms with E-state index in [9.17, 15) is 9.59 Å². The van der Waals surface area contributed by atoms with E-state index in [-0.39, 0.29) is 19.1 Å². The Hall–Kier alpha value is -2.14. The van der Waals surface area contributed by atoms with Crippen LogP contribution in [0.5, 0.6) is 0 Å². The Morgan fingerprint density at radius 2 is 2.05 bits per heavy atom. The minimum atomic E-state index is -1.12. The second-order valence-electron chi connectivity index (χ2n) is 4.36. The normalized spacial score (nSPS) is 13.2. The number of ether oxygens (including phenoxy) is 1. The average Bonchev–Trinajstić information content (AvgIpc) is 2.46. The maximum absolute atomic E-state index is 12.0. The van der Waals surface area contributed by atoms with Crippen LogP contribution in [0.15, 0.2) is 43.0 Å². The molecule has 0 aromatic heterocycles. The average molecular weight is 277 g/mol. The van der Waals surface area contributed by atoms with Gasteiger partial charge in [0.2, 0.25) is 5.91 Å². The predicted molar refractivity (Wildman–Crippen MR) is 75.4 cm³/mol. The van der Waals surface area contributed by atoms with E-state index >= 15 is 0 Å². The smallest absolute Gasteiger partial charge is 0.328 e. The molecule has 0 saturated carbocycles. The number of nitrogens with one attached hydrogen (secondary N) is 1. The van der Waals surface area contributed by atoms with Crippen LogP contribution in [0, 0.1) is 0 Å². The highest BCUT2D eigenvalue weighted by Gasteiger charge is 2.23. The number of hydrogen-bond donors (Lipinski definition) is 2. The van der Waals surface area contributed by atoms with Crippen LogP contribution in [-0.2, 0) is 14.3 Å². The van der Waals surface area contributed by atoms with Crippen molar-refractivity contribution < 1.29 is 19.4 Å². The van der Waals surface area contributed by atoms with Gasteiger partial charge in [-0.15, -0.1) is 6.58 Å². The molecule has 0 fully saturated rings. The minimum Gasteiger partial charge on any atom is -0.480 e. The molecule has 0 aliphatic heterocycles. The number of benzene rings is 1. The summed E-state index contributed by atoms with van der Waals surface area (Å²) in [7, 11) is 0. The van der Waals surface area contributed by atoms with Crippen molar-refractivity contribution >= 4 is 11.9 Å². The maximum Gasteiger partial charge on any atom is 0.328 e. The Balaban J connectivity index is 2.61. The van der Waals surface area contributed by atoms with Crippen molar-refractivity contribution in [2.75, 3.05) is 13.2 Å². The lowest BCUT2D eigenvalue weighted by molar-refractivity contribution is -0.143. The number of amides is 1. The first kappa shape index (κ1) is 15.9. The molecular formula is C15H19NO4. The molecule has 2 atom stereocenters. The van der Waals surface area contributed by atoms with Crippen molar-refractivity contribution in [3.05, 3.63) is 48.6 Å². The van der Waals surface area contributed by atoms with Crippen molar-refractivity contribution in [2.45, 2.75) is 18.9 Å². The Kier molecular flexibility index (Phi) is 6.46. The van der Waals surface area contributed by atoms with Gasteiger partial charge in [0.15, 0.2) is 6.04 Å². The standard InChI is InChI=1S/C15H19NO4/c1-3-9-20-10-13(15(18)19)16-14(17)11(2)12-7-5-4-6-8-12/h3-8,11,13H,1,9-10H2,2H3,(H,16,17)(H,18,19)/t11-,13?/m0/s1. The molecule has 1 unspecified atom stereocenters. The first-order valence-corrected chi connectivity index (χ1v) is 6.33. The van der Waals surface area contributed by atoms with Gasteiger partial charge in [-0.3, -0.25) is 4.79 Å². The van der Waals surface area contributed by atoms with Gasteiger partial charge in [-0.1, -0.05) is 36.4 Å². The Morgan fingerprint density at radius 3 is 2.60 bits per heavy atom. The van der Waals surface area contributed by atoms with Gasteiger partial charge in [-0.05, 0) is 12.5 Å². The van der Waals surface area contributed by atoms with Gasteiger partial charge in [0.1, 0.15) is 0 Å². The summed E-state index contributed by atoms with van der Waals surface area (Å²) in [5.41, 5.74) is 0.834. The molecule has 0 spiro atoms. The summed E-state index contributed by atoms with van der Waals surface area (Å²) in [6, 6.07) is 8.12. The number of carboxylic acid groups (broad SMARTS) is 1. The highest BCUT2D eigenvalue weighted by molar-refractivity contribution is 5.87. The number of carbonyl (C=O) groups is 2. The maximum atomic E-state index is 12.0. The monoisotopic (exact) mass is 277 g/mol. The molecule has 0 heterocycles. The van der Waals surface area contributed by atoms with Crippen LogP contribution in [0.4, 0.5) is 0 Å². The van der Waals surface area contributed by atoms with E-state index < -0.39 is 17.9 Å². The third-order valence-corrected chi connectivity index (χ3v) is 2.83. The number of rotatable bonds is 8. The number of carboxylic acids is 1. The van der Waals surface area contributed by atoms with E-state index in [4.69, 9.17) is 9.84 Å². The SMILES string of the molecule is C=CCOCC(NC(=O)[C@@H](C)c1ccccc1)C(=O)O. The van der Waals surface area contributed by atoms with Gasteiger partial charge in [-0.2, -0.15) is 0 Å². The van der Waals surface area contributed by atoms with Crippen molar-refractivity contribution in [3.63, 3.8) is 0 Å². The molecule has 5 heteroatoms. The summed E-state index contributed by atoms with van der Waals surface area (Å²) in [4.78, 5) is 23.1. The molecule has 0 bridgehead atoms. The van der Waals surface area contributed by atoms with E-state index in [0.29, 0.717) is 0 Å². The van der Waals surface area contributed by atoms with Crippen molar-refractivity contribution in [1.82, 2.24) is 5.32 Å². The first-order valence-electron chi connectivity index (χ1n) is 6.33. The predicted octanol–water partition coefficient (Wildman–Crippen LogP) is 1.56. The lowest BCUT2D eigenvalue weighted by atomic mass is 10.0. The summed E-state index contributed by atoms with van der Waals surface area (Å²) in [5, 5.41) is 11.5. The zero-order valence-corrected chi connectivity index (χ0v) is 11.4. The summed E-state index contributed by atoms with van der Waals surface area (Å²) >= 11 is 0. The lowest BCUT2D eigenvalue weighted by Gasteiger charge is -2.18. The Morgan fingerprint density at radius 1 is 1.40 bits per heavy atom. The fourth-order valence-corrected chi connectivity index (χ4v) is 1.63. The molecule has 2 N–H and O–H groups in total. The van der Waals surface area contributed by atoms with Crippen LogP contribution in [0.1, 0.15) is 18.4 Å². The topological polar surface area (TPSA) is 75.6 Å². The van der Waals surface area contributed by atoms with Gasteiger partial charge >= 0.3 is 5.97 Å². The number of hydrogen-bond acceptors (Lipinski definition) is 3. The van der Waals surface area contributed by atoms with E-state index in [1.165, 1.54) is 6.08 Å². The zero-order valence-electron chi connectivity index (χ0n) is 11.4. The molecule has 0 aliphatic carbocycles. The second kappa shape index (κ2) is 8.12. The molecule has 1 aromatic carbocycles. The molecule has 1 amide bonds. The number of aliphatic carboxylic acids is 1. The molecule has 0 saturated heterocycles. The third-order valence-electron chi connectivity index (χ3n) is 2.83. The van der Waals surface area contributed by atoms with Crippen LogP contribution in [0.25, 0.3) is 0 Å². The molecule has 0 radical (unpaired) electrons. The van der Waals surface area contributed by atoms with Gasteiger partial charge in [0.25, 0.3) is 0 Å². The zero-order chi connectivity index (χ0) is 15.0. The molecule has 108 valence electrons. The lowest BCUT2D eigenvalue weighted by Crippen LogP contribution is -2.45. The summed E-state index contributed by atoms with van der Waals surface area (Å²) in [5.74, 6) is -1.88. The highest BCUT2D eigenvalue weighted by Crippen LogP contribution is 2.14. The molecule has 20 heavy (non-hydrogen) atoms. The van der Waals surface area contributed by atoms with Gasteiger partial charge in [0.05, 0.1) is 19.1 Å². The van der Waals surface area contributed by atoms with Crippen LogP contribution < -0.4 is 5.32 Å². The molecule has 0 aliphatic rings. The second-order valence-corrected chi connectivity index (χ2v) is 4.36. The van der Waals surface area contributed by atoms with Crippen molar-refractivity contribution in [2.24, 2.45) is 0 Å². The molecular weight excluding hydrogens is 258 g/mol. The fraction of sp³-hybridized carbons (Fsp3) is 0.333. The van der Waals surface area contributed by atoms with Crippen LogP contribution in [0.2, 0.25) is 0 Å². The summed E-state index contributed by atoms with van der Waals surface area (Å²) in [6.07, 6.45) is 1.52. The van der Waals surface area contributed by atoms with E-state index in [2.05, 4.69) is 11.9 Å². The number of carbonyl (C=O) groups excluding carboxylic acids is 1.